The minimum absolute atomic E-state index is 0.229. The molecule has 0 amide bonds. The maximum absolute atomic E-state index is 12.8. The second kappa shape index (κ2) is 9.11. The number of quaternary nitrogens is 1. The molecule has 0 aliphatic heterocycles. The summed E-state index contributed by atoms with van der Waals surface area (Å²) in [7, 11) is 5.18. The maximum atomic E-state index is 12.8. The number of hydrogen-bond donors (Lipinski definition) is 1. The number of rotatable bonds is 9. The molecule has 0 spiro atoms. The standard InChI is InChI=1S/C21H33N4O3S/c1-8-25(6,9-2)16-17-14-18(10-11-20(17)28-7)22-19-12-13-24(5)15-21(19)29(26,27)23(3)4/h10-15H,8-9,16H2,1-7H3/q+1/p+1. The Morgan fingerprint density at radius 1 is 1.17 bits per heavy atom. The Morgan fingerprint density at radius 2 is 1.83 bits per heavy atom. The fourth-order valence-corrected chi connectivity index (χ4v) is 4.16. The Hall–Kier alpha value is -2.16. The predicted molar refractivity (Wildman–Crippen MR) is 116 cm³/mol. The Kier molecular flexibility index (Phi) is 7.26. The van der Waals surface area contributed by atoms with Crippen LogP contribution in [0, 0.1) is 0 Å². The van der Waals surface area contributed by atoms with Crippen LogP contribution in [0.4, 0.5) is 11.4 Å². The molecule has 0 unspecified atom stereocenters. The van der Waals surface area contributed by atoms with E-state index in [1.54, 1.807) is 31.0 Å². The third kappa shape index (κ3) is 5.26. The lowest BCUT2D eigenvalue weighted by atomic mass is 10.1. The second-order valence-corrected chi connectivity index (χ2v) is 9.86. The highest BCUT2D eigenvalue weighted by atomic mass is 32.2. The fraction of sp³-hybridized carbons (Fsp3) is 0.476. The fourth-order valence-electron chi connectivity index (χ4n) is 3.07. The number of sulfonamides is 1. The molecule has 0 aliphatic carbocycles. The SMILES string of the molecule is CC[N+](C)(CC)Cc1cc(Nc2cc[n+](C)cc2S(=O)(=O)N(C)C)ccc1OC. The average Bonchev–Trinajstić information content (AvgIpc) is 2.69. The summed E-state index contributed by atoms with van der Waals surface area (Å²) < 4.78 is 35.0. The van der Waals surface area contributed by atoms with E-state index in [1.165, 1.54) is 18.4 Å². The van der Waals surface area contributed by atoms with Gasteiger partial charge in [0.25, 0.3) is 10.0 Å². The van der Waals surface area contributed by atoms with E-state index in [2.05, 4.69) is 26.2 Å². The van der Waals surface area contributed by atoms with Crippen molar-refractivity contribution in [3.63, 3.8) is 0 Å². The van der Waals surface area contributed by atoms with Crippen LogP contribution in [0.25, 0.3) is 0 Å². The van der Waals surface area contributed by atoms with E-state index < -0.39 is 10.0 Å². The molecule has 0 atom stereocenters. The quantitative estimate of drug-likeness (QED) is 0.498. The zero-order valence-corrected chi connectivity index (χ0v) is 19.4. The van der Waals surface area contributed by atoms with Crippen LogP contribution in [-0.2, 0) is 23.6 Å². The van der Waals surface area contributed by atoms with Crippen LogP contribution >= 0.6 is 0 Å². The third-order valence-corrected chi connectivity index (χ3v) is 7.30. The molecule has 0 fully saturated rings. The van der Waals surface area contributed by atoms with Crippen LogP contribution in [-0.4, -0.2) is 58.5 Å². The van der Waals surface area contributed by atoms with Gasteiger partial charge in [0.05, 0.1) is 38.5 Å². The molecule has 1 aromatic carbocycles. The Labute approximate surface area is 175 Å². The largest absolute Gasteiger partial charge is 0.496 e. The number of aromatic nitrogens is 1. The van der Waals surface area contributed by atoms with Gasteiger partial charge in [0.15, 0.2) is 17.3 Å². The average molecular weight is 423 g/mol. The van der Waals surface area contributed by atoms with Crippen LogP contribution in [0.15, 0.2) is 41.6 Å². The van der Waals surface area contributed by atoms with E-state index in [1.807, 2.05) is 24.4 Å². The molecule has 2 aromatic rings. The number of ether oxygens (including phenoxy) is 1. The van der Waals surface area contributed by atoms with Crippen molar-refractivity contribution in [3.05, 3.63) is 42.2 Å². The van der Waals surface area contributed by atoms with Crippen LogP contribution in [0.5, 0.6) is 5.75 Å². The van der Waals surface area contributed by atoms with Gasteiger partial charge in [-0.05, 0) is 32.0 Å². The Bertz CT molecular complexity index is 954. The molecular weight excluding hydrogens is 388 g/mol. The molecule has 160 valence electrons. The number of nitrogens with one attached hydrogen (secondary N) is 1. The number of pyridine rings is 1. The number of aryl methyl sites for hydroxylation is 1. The van der Waals surface area contributed by atoms with Crippen LogP contribution in [0.1, 0.15) is 19.4 Å². The maximum Gasteiger partial charge on any atom is 0.250 e. The minimum atomic E-state index is -3.59. The summed E-state index contributed by atoms with van der Waals surface area (Å²) in [5.41, 5.74) is 2.45. The first-order valence-corrected chi connectivity index (χ1v) is 11.2. The van der Waals surface area contributed by atoms with Gasteiger partial charge >= 0.3 is 0 Å². The van der Waals surface area contributed by atoms with Crippen LogP contribution < -0.4 is 14.6 Å². The van der Waals surface area contributed by atoms with Crippen LogP contribution in [0.3, 0.4) is 0 Å². The van der Waals surface area contributed by atoms with Crippen molar-refractivity contribution >= 4 is 21.4 Å². The highest BCUT2D eigenvalue weighted by Gasteiger charge is 2.25. The van der Waals surface area contributed by atoms with Gasteiger partial charge < -0.3 is 14.5 Å². The number of methoxy groups -OCH3 is 1. The lowest BCUT2D eigenvalue weighted by Crippen LogP contribution is -2.42. The number of nitrogens with zero attached hydrogens (tertiary/aromatic N) is 3. The molecule has 0 aliphatic rings. The first-order valence-electron chi connectivity index (χ1n) is 9.75. The monoisotopic (exact) mass is 422 g/mol. The molecule has 1 aromatic heterocycles. The highest BCUT2D eigenvalue weighted by Crippen LogP contribution is 2.30. The molecule has 0 saturated heterocycles. The van der Waals surface area contributed by atoms with Crippen molar-refractivity contribution in [1.82, 2.24) is 4.31 Å². The van der Waals surface area contributed by atoms with Gasteiger partial charge in [0, 0.05) is 25.8 Å². The zero-order chi connectivity index (χ0) is 21.8. The molecule has 8 heteroatoms. The van der Waals surface area contributed by atoms with Gasteiger partial charge in [-0.3, -0.25) is 0 Å². The van der Waals surface area contributed by atoms with Crippen molar-refractivity contribution in [3.8, 4) is 5.75 Å². The predicted octanol–water partition coefficient (Wildman–Crippen LogP) is 2.50. The smallest absolute Gasteiger partial charge is 0.250 e. The van der Waals surface area contributed by atoms with Crippen molar-refractivity contribution in [2.45, 2.75) is 25.3 Å². The molecule has 29 heavy (non-hydrogen) atoms. The van der Waals surface area contributed by atoms with Crippen molar-refractivity contribution in [2.75, 3.05) is 46.7 Å². The van der Waals surface area contributed by atoms with Crippen molar-refractivity contribution in [1.29, 1.82) is 0 Å². The molecule has 7 nitrogen and oxygen atoms in total. The summed E-state index contributed by atoms with van der Waals surface area (Å²) in [6.45, 7) is 7.22. The molecule has 2 rings (SSSR count). The lowest BCUT2D eigenvalue weighted by molar-refractivity contribution is -0.919. The molecule has 1 N–H and O–H groups in total. The van der Waals surface area contributed by atoms with E-state index in [-0.39, 0.29) is 4.90 Å². The molecular formula is C21H34N4O3S+2. The Morgan fingerprint density at radius 3 is 2.38 bits per heavy atom. The zero-order valence-electron chi connectivity index (χ0n) is 18.6. The number of benzene rings is 1. The van der Waals surface area contributed by atoms with Gasteiger partial charge in [-0.2, -0.15) is 0 Å². The van der Waals surface area contributed by atoms with Gasteiger partial charge in [-0.1, -0.05) is 0 Å². The second-order valence-electron chi connectivity index (χ2n) is 7.74. The topological polar surface area (TPSA) is 62.5 Å². The summed E-state index contributed by atoms with van der Waals surface area (Å²) in [5.74, 6) is 0.836. The molecule has 1 heterocycles. The summed E-state index contributed by atoms with van der Waals surface area (Å²) in [4.78, 5) is 0.229. The first-order chi connectivity index (χ1) is 13.6. The number of hydrogen-bond acceptors (Lipinski definition) is 4. The highest BCUT2D eigenvalue weighted by molar-refractivity contribution is 7.89. The minimum Gasteiger partial charge on any atom is -0.496 e. The summed E-state index contributed by atoms with van der Waals surface area (Å²) >= 11 is 0. The summed E-state index contributed by atoms with van der Waals surface area (Å²) in [6, 6.07) is 7.65. The molecule has 0 saturated carbocycles. The first kappa shape index (κ1) is 23.1. The van der Waals surface area contributed by atoms with Gasteiger partial charge in [-0.15, -0.1) is 0 Å². The third-order valence-electron chi connectivity index (χ3n) is 5.46. The number of anilines is 2. The molecule has 0 radical (unpaired) electrons. The van der Waals surface area contributed by atoms with Gasteiger partial charge in [0.2, 0.25) is 0 Å². The van der Waals surface area contributed by atoms with E-state index in [0.29, 0.717) is 5.69 Å². The summed E-state index contributed by atoms with van der Waals surface area (Å²) in [5, 5.41) is 3.29. The lowest BCUT2D eigenvalue weighted by Gasteiger charge is -2.32. The van der Waals surface area contributed by atoms with Crippen molar-refractivity contribution in [2.24, 2.45) is 7.05 Å². The van der Waals surface area contributed by atoms with E-state index in [9.17, 15) is 8.42 Å². The summed E-state index contributed by atoms with van der Waals surface area (Å²) in [6.07, 6.45) is 3.44. The van der Waals surface area contributed by atoms with E-state index in [0.717, 1.165) is 41.1 Å². The van der Waals surface area contributed by atoms with E-state index in [4.69, 9.17) is 4.74 Å². The van der Waals surface area contributed by atoms with Crippen LogP contribution in [0.2, 0.25) is 0 Å². The molecule has 0 bridgehead atoms. The van der Waals surface area contributed by atoms with Gasteiger partial charge in [-0.25, -0.2) is 17.3 Å². The Balaban J connectivity index is 2.47. The van der Waals surface area contributed by atoms with E-state index >= 15 is 0 Å². The van der Waals surface area contributed by atoms with Crippen molar-refractivity contribution < 1.29 is 22.2 Å². The van der Waals surface area contributed by atoms with Gasteiger partial charge in [0.1, 0.15) is 19.3 Å². The normalized spacial score (nSPS) is 12.3.